The maximum Gasteiger partial charge on any atom is 0.252 e. The number of amides is 1. The van der Waals surface area contributed by atoms with Crippen molar-refractivity contribution in [1.29, 1.82) is 0 Å². The van der Waals surface area contributed by atoms with Gasteiger partial charge in [0.2, 0.25) is 0 Å². The van der Waals surface area contributed by atoms with Crippen molar-refractivity contribution in [2.45, 2.75) is 19.9 Å². The third-order valence-corrected chi connectivity index (χ3v) is 5.18. The molecule has 31 heavy (non-hydrogen) atoms. The van der Waals surface area contributed by atoms with Crippen molar-refractivity contribution in [1.82, 2.24) is 14.9 Å². The van der Waals surface area contributed by atoms with Crippen LogP contribution in [0.15, 0.2) is 48.8 Å². The lowest BCUT2D eigenvalue weighted by atomic mass is 10.1. The van der Waals surface area contributed by atoms with Gasteiger partial charge in [0.1, 0.15) is 11.9 Å². The van der Waals surface area contributed by atoms with Crippen LogP contribution in [-0.4, -0.2) is 29.2 Å². The Labute approximate surface area is 192 Å². The molecule has 0 spiro atoms. The van der Waals surface area contributed by atoms with Crippen LogP contribution in [0.3, 0.4) is 0 Å². The number of hydrogen-bond donors (Lipinski definition) is 1. The highest BCUT2D eigenvalue weighted by atomic mass is 35.5. The fourth-order valence-electron chi connectivity index (χ4n) is 3.06. The zero-order chi connectivity index (χ0) is 22.5. The molecular weight excluding hydrogens is 437 g/mol. The van der Waals surface area contributed by atoms with E-state index < -0.39 is 6.04 Å². The van der Waals surface area contributed by atoms with Crippen molar-refractivity contribution in [3.05, 3.63) is 75.8 Å². The number of methoxy groups -OCH3 is 1. The summed E-state index contributed by atoms with van der Waals surface area (Å²) in [6.07, 6.45) is 3.51. The summed E-state index contributed by atoms with van der Waals surface area (Å²) in [5.41, 5.74) is 1.20. The Morgan fingerprint density at radius 2 is 1.90 bits per heavy atom. The van der Waals surface area contributed by atoms with Gasteiger partial charge in [-0.3, -0.25) is 4.79 Å². The molecule has 0 aliphatic carbocycles. The summed E-state index contributed by atoms with van der Waals surface area (Å²) in [6.45, 7) is 4.56. The Morgan fingerprint density at radius 3 is 2.48 bits per heavy atom. The molecule has 0 bridgehead atoms. The fraction of sp³-hybridized carbons (Fsp3) is 0.304. The average Bonchev–Trinajstić information content (AvgIpc) is 3.16. The molecule has 1 aromatic heterocycles. The molecule has 0 saturated heterocycles. The number of benzene rings is 2. The predicted octanol–water partition coefficient (Wildman–Crippen LogP) is 5.29. The van der Waals surface area contributed by atoms with E-state index in [9.17, 15) is 4.79 Å². The van der Waals surface area contributed by atoms with Gasteiger partial charge in [0, 0.05) is 30.0 Å². The Balaban J connectivity index is 1.92. The Kier molecular flexibility index (Phi) is 7.46. The number of carbonyl (C=O) groups excluding carboxylic acids is 1. The minimum atomic E-state index is -0.480. The van der Waals surface area contributed by atoms with Gasteiger partial charge in [0.05, 0.1) is 18.7 Å². The zero-order valence-electron chi connectivity index (χ0n) is 17.9. The molecule has 6 nitrogen and oxygen atoms in total. The molecule has 0 fully saturated rings. The maximum absolute atomic E-state index is 13.2. The van der Waals surface area contributed by atoms with Crippen LogP contribution >= 0.6 is 23.2 Å². The third-order valence-electron chi connectivity index (χ3n) is 4.65. The molecule has 164 valence electrons. The summed E-state index contributed by atoms with van der Waals surface area (Å²) >= 11 is 12.5. The minimum Gasteiger partial charge on any atom is -0.493 e. The van der Waals surface area contributed by atoms with E-state index in [0.717, 1.165) is 5.56 Å². The van der Waals surface area contributed by atoms with Crippen molar-refractivity contribution in [2.24, 2.45) is 13.0 Å². The van der Waals surface area contributed by atoms with Crippen LogP contribution in [0.1, 0.15) is 41.6 Å². The number of nitrogens with one attached hydrogen (secondary N) is 1. The number of halogens is 2. The van der Waals surface area contributed by atoms with Gasteiger partial charge < -0.3 is 19.4 Å². The number of hydrogen-bond acceptors (Lipinski definition) is 4. The van der Waals surface area contributed by atoms with E-state index >= 15 is 0 Å². The summed E-state index contributed by atoms with van der Waals surface area (Å²) in [7, 11) is 3.39. The molecule has 3 aromatic rings. The predicted molar refractivity (Wildman–Crippen MR) is 122 cm³/mol. The molecule has 1 amide bonds. The second-order valence-electron chi connectivity index (χ2n) is 7.55. The molecule has 3 rings (SSSR count). The normalized spacial score (nSPS) is 12.0. The maximum atomic E-state index is 13.2. The first-order valence-corrected chi connectivity index (χ1v) is 10.6. The molecule has 0 radical (unpaired) electrons. The standard InChI is InChI=1S/C23H25Cl2N3O3/c1-14(2)13-31-21-18(25)11-16(12-19(21)30-4)23(29)27-20(22-26-9-10-28(22)3)15-5-7-17(24)8-6-15/h5-12,14,20H,13H2,1-4H3,(H,27,29)/t20-/m1/s1. The van der Waals surface area contributed by atoms with Crippen molar-refractivity contribution >= 4 is 29.1 Å². The van der Waals surface area contributed by atoms with Gasteiger partial charge in [-0.2, -0.15) is 0 Å². The Bertz CT molecular complexity index is 1050. The van der Waals surface area contributed by atoms with Gasteiger partial charge >= 0.3 is 0 Å². The number of nitrogens with zero attached hydrogens (tertiary/aromatic N) is 2. The summed E-state index contributed by atoms with van der Waals surface area (Å²) < 4.78 is 13.1. The first-order valence-electron chi connectivity index (χ1n) is 9.84. The number of aromatic nitrogens is 2. The van der Waals surface area contributed by atoms with E-state index in [1.165, 1.54) is 7.11 Å². The van der Waals surface area contributed by atoms with E-state index in [-0.39, 0.29) is 5.91 Å². The lowest BCUT2D eigenvalue weighted by molar-refractivity contribution is 0.0940. The molecule has 0 unspecified atom stereocenters. The second kappa shape index (κ2) is 10.1. The highest BCUT2D eigenvalue weighted by molar-refractivity contribution is 6.32. The summed E-state index contributed by atoms with van der Waals surface area (Å²) in [5, 5.41) is 3.96. The average molecular weight is 462 g/mol. The fourth-order valence-corrected chi connectivity index (χ4v) is 3.45. The van der Waals surface area contributed by atoms with Gasteiger partial charge in [0.25, 0.3) is 5.91 Å². The zero-order valence-corrected chi connectivity index (χ0v) is 19.4. The summed E-state index contributed by atoms with van der Waals surface area (Å²) in [4.78, 5) is 17.6. The molecular formula is C23H25Cl2N3O3. The van der Waals surface area contributed by atoms with Crippen molar-refractivity contribution in [2.75, 3.05) is 13.7 Å². The highest BCUT2D eigenvalue weighted by Gasteiger charge is 2.23. The van der Waals surface area contributed by atoms with E-state index in [2.05, 4.69) is 10.3 Å². The van der Waals surface area contributed by atoms with Crippen LogP contribution in [-0.2, 0) is 7.05 Å². The van der Waals surface area contributed by atoms with Gasteiger partial charge in [-0.05, 0) is 35.7 Å². The van der Waals surface area contributed by atoms with Gasteiger partial charge in [-0.1, -0.05) is 49.2 Å². The van der Waals surface area contributed by atoms with Crippen molar-refractivity contribution in [3.8, 4) is 11.5 Å². The molecule has 1 N–H and O–H groups in total. The molecule has 0 saturated carbocycles. The lowest BCUT2D eigenvalue weighted by Crippen LogP contribution is -2.31. The largest absolute Gasteiger partial charge is 0.493 e. The summed E-state index contributed by atoms with van der Waals surface area (Å²) in [6, 6.07) is 9.99. The van der Waals surface area contributed by atoms with E-state index in [1.807, 2.05) is 43.8 Å². The number of ether oxygens (including phenoxy) is 2. The molecule has 1 heterocycles. The first kappa shape index (κ1) is 23.0. The summed E-state index contributed by atoms with van der Waals surface area (Å²) in [5.74, 6) is 1.51. The molecule has 1 atom stereocenters. The van der Waals surface area contributed by atoms with E-state index in [4.69, 9.17) is 32.7 Å². The van der Waals surface area contributed by atoms with Crippen LogP contribution in [0, 0.1) is 5.92 Å². The number of carbonyl (C=O) groups is 1. The number of aryl methyl sites for hydroxylation is 1. The van der Waals surface area contributed by atoms with E-state index in [0.29, 0.717) is 45.5 Å². The minimum absolute atomic E-state index is 0.310. The lowest BCUT2D eigenvalue weighted by Gasteiger charge is -2.20. The first-order chi connectivity index (χ1) is 14.8. The second-order valence-corrected chi connectivity index (χ2v) is 8.39. The van der Waals surface area contributed by atoms with Crippen LogP contribution in [0.2, 0.25) is 10.0 Å². The van der Waals surface area contributed by atoms with Crippen LogP contribution < -0.4 is 14.8 Å². The third kappa shape index (κ3) is 5.51. The number of imidazole rings is 1. The Morgan fingerprint density at radius 1 is 1.19 bits per heavy atom. The monoisotopic (exact) mass is 461 g/mol. The van der Waals surface area contributed by atoms with Gasteiger partial charge in [0.15, 0.2) is 11.5 Å². The smallest absolute Gasteiger partial charge is 0.252 e. The van der Waals surface area contributed by atoms with Crippen LogP contribution in [0.5, 0.6) is 11.5 Å². The van der Waals surface area contributed by atoms with Gasteiger partial charge in [-0.25, -0.2) is 4.98 Å². The van der Waals surface area contributed by atoms with Crippen LogP contribution in [0.4, 0.5) is 0 Å². The van der Waals surface area contributed by atoms with E-state index in [1.54, 1.807) is 30.5 Å². The van der Waals surface area contributed by atoms with Crippen LogP contribution in [0.25, 0.3) is 0 Å². The van der Waals surface area contributed by atoms with Crippen molar-refractivity contribution in [3.63, 3.8) is 0 Å². The van der Waals surface area contributed by atoms with Gasteiger partial charge in [-0.15, -0.1) is 0 Å². The molecule has 0 aliphatic heterocycles. The molecule has 8 heteroatoms. The number of rotatable bonds is 8. The van der Waals surface area contributed by atoms with Crippen molar-refractivity contribution < 1.29 is 14.3 Å². The topological polar surface area (TPSA) is 65.4 Å². The molecule has 2 aromatic carbocycles. The highest BCUT2D eigenvalue weighted by Crippen LogP contribution is 2.37. The SMILES string of the molecule is COc1cc(C(=O)N[C@H](c2ccc(Cl)cc2)c2nccn2C)cc(Cl)c1OCC(C)C. The quantitative estimate of drug-likeness (QED) is 0.494. The molecule has 0 aliphatic rings. The Hall–Kier alpha value is -2.70.